The van der Waals surface area contributed by atoms with E-state index >= 15 is 0 Å². The van der Waals surface area contributed by atoms with Crippen molar-refractivity contribution in [1.29, 1.82) is 0 Å². The highest BCUT2D eigenvalue weighted by molar-refractivity contribution is 5.23. The Morgan fingerprint density at radius 1 is 1.33 bits per heavy atom. The molecule has 0 unspecified atom stereocenters. The predicted molar refractivity (Wildman–Crippen MR) is 71.5 cm³/mol. The van der Waals surface area contributed by atoms with Crippen LogP contribution in [0.1, 0.15) is 52.0 Å². The molecule has 2 rings (SSSR count). The van der Waals surface area contributed by atoms with E-state index in [2.05, 4.69) is 25.8 Å². The smallest absolute Gasteiger partial charge is 0.146 e. The molecule has 3 heteroatoms. The van der Waals surface area contributed by atoms with Gasteiger partial charge in [0.05, 0.1) is 6.20 Å². The lowest BCUT2D eigenvalue weighted by Crippen LogP contribution is -2.43. The van der Waals surface area contributed by atoms with Crippen LogP contribution in [-0.4, -0.2) is 4.98 Å². The van der Waals surface area contributed by atoms with Crippen LogP contribution in [0.2, 0.25) is 0 Å². The molecule has 1 aliphatic rings. The second-order valence-corrected chi connectivity index (χ2v) is 6.65. The number of rotatable bonds is 1. The van der Waals surface area contributed by atoms with Crippen LogP contribution in [0, 0.1) is 17.2 Å². The fraction of sp³-hybridized carbons (Fsp3) is 0.667. The number of hydrogen-bond acceptors (Lipinski definition) is 2. The lowest BCUT2D eigenvalue weighted by Gasteiger charge is -2.42. The fourth-order valence-corrected chi connectivity index (χ4v) is 3.05. The van der Waals surface area contributed by atoms with E-state index in [9.17, 15) is 4.39 Å². The van der Waals surface area contributed by atoms with Crippen LogP contribution in [0.4, 0.5) is 4.39 Å². The largest absolute Gasteiger partial charge is 0.321 e. The molecule has 0 amide bonds. The normalized spacial score (nSPS) is 29.3. The van der Waals surface area contributed by atoms with Gasteiger partial charge in [-0.2, -0.15) is 0 Å². The average Bonchev–Trinajstić information content (AvgIpc) is 2.28. The van der Waals surface area contributed by atoms with Gasteiger partial charge in [-0.05, 0) is 43.1 Å². The number of aromatic nitrogens is 1. The van der Waals surface area contributed by atoms with Crippen molar-refractivity contribution >= 4 is 0 Å². The second kappa shape index (κ2) is 4.61. The fourth-order valence-electron chi connectivity index (χ4n) is 3.05. The summed E-state index contributed by atoms with van der Waals surface area (Å²) >= 11 is 0. The van der Waals surface area contributed by atoms with E-state index in [1.165, 1.54) is 6.20 Å². The van der Waals surface area contributed by atoms with E-state index in [0.717, 1.165) is 25.7 Å². The molecule has 1 fully saturated rings. The van der Waals surface area contributed by atoms with Gasteiger partial charge < -0.3 is 5.73 Å². The van der Waals surface area contributed by atoms with Crippen LogP contribution in [0.5, 0.6) is 0 Å². The summed E-state index contributed by atoms with van der Waals surface area (Å²) in [6.07, 6.45) is 6.75. The van der Waals surface area contributed by atoms with E-state index in [0.29, 0.717) is 16.9 Å². The van der Waals surface area contributed by atoms with E-state index in [1.54, 1.807) is 12.3 Å². The number of nitrogens with zero attached hydrogens (tertiary/aromatic N) is 1. The van der Waals surface area contributed by atoms with E-state index in [4.69, 9.17) is 5.73 Å². The average molecular weight is 250 g/mol. The maximum absolute atomic E-state index is 13.8. The van der Waals surface area contributed by atoms with Gasteiger partial charge in [0.1, 0.15) is 5.82 Å². The van der Waals surface area contributed by atoms with Crippen LogP contribution >= 0.6 is 0 Å². The zero-order valence-electron chi connectivity index (χ0n) is 11.5. The number of nitrogens with two attached hydrogens (primary N) is 1. The monoisotopic (exact) mass is 250 g/mol. The first-order chi connectivity index (χ1) is 8.33. The minimum Gasteiger partial charge on any atom is -0.321 e. The Morgan fingerprint density at radius 3 is 2.44 bits per heavy atom. The molecule has 1 aliphatic carbocycles. The maximum Gasteiger partial charge on any atom is 0.146 e. The molecule has 100 valence electrons. The molecule has 0 radical (unpaired) electrons. The number of pyridine rings is 1. The Bertz CT molecular complexity index is 415. The van der Waals surface area contributed by atoms with Gasteiger partial charge in [-0.15, -0.1) is 0 Å². The lowest BCUT2D eigenvalue weighted by molar-refractivity contribution is 0.132. The third-order valence-electron chi connectivity index (χ3n) is 4.41. The van der Waals surface area contributed by atoms with Crippen LogP contribution in [0.25, 0.3) is 0 Å². The molecule has 18 heavy (non-hydrogen) atoms. The van der Waals surface area contributed by atoms with Crippen LogP contribution in [0.15, 0.2) is 18.5 Å². The van der Waals surface area contributed by atoms with Crippen molar-refractivity contribution in [3.05, 3.63) is 29.8 Å². The molecular weight excluding hydrogens is 227 g/mol. The molecule has 0 aromatic carbocycles. The summed E-state index contributed by atoms with van der Waals surface area (Å²) in [7, 11) is 0. The third-order valence-corrected chi connectivity index (χ3v) is 4.41. The van der Waals surface area contributed by atoms with Crippen molar-refractivity contribution in [3.63, 3.8) is 0 Å². The van der Waals surface area contributed by atoms with Crippen molar-refractivity contribution in [2.45, 2.75) is 52.0 Å². The summed E-state index contributed by atoms with van der Waals surface area (Å²) in [5.74, 6) is 0.410. The number of halogens is 1. The van der Waals surface area contributed by atoms with Crippen LogP contribution in [-0.2, 0) is 5.54 Å². The molecule has 0 saturated heterocycles. The first kappa shape index (κ1) is 13.5. The van der Waals surface area contributed by atoms with Crippen molar-refractivity contribution in [2.24, 2.45) is 17.1 Å². The second-order valence-electron chi connectivity index (χ2n) is 6.65. The van der Waals surface area contributed by atoms with Gasteiger partial charge in [-0.3, -0.25) is 4.98 Å². The molecule has 0 spiro atoms. The van der Waals surface area contributed by atoms with Crippen molar-refractivity contribution in [1.82, 2.24) is 4.98 Å². The highest BCUT2D eigenvalue weighted by atomic mass is 19.1. The number of hydrogen-bond donors (Lipinski definition) is 1. The highest BCUT2D eigenvalue weighted by Gasteiger charge is 2.38. The Kier molecular flexibility index (Phi) is 3.45. The minimum atomic E-state index is -0.505. The Hall–Kier alpha value is -0.960. The van der Waals surface area contributed by atoms with Gasteiger partial charge in [0.15, 0.2) is 0 Å². The summed E-state index contributed by atoms with van der Waals surface area (Å²) in [5, 5.41) is 0. The predicted octanol–water partition coefficient (Wildman–Crippen LogP) is 3.61. The van der Waals surface area contributed by atoms with E-state index in [1.807, 2.05) is 0 Å². The van der Waals surface area contributed by atoms with Gasteiger partial charge in [0, 0.05) is 17.3 Å². The van der Waals surface area contributed by atoms with Gasteiger partial charge in [0.25, 0.3) is 0 Å². The summed E-state index contributed by atoms with van der Waals surface area (Å²) in [4.78, 5) is 3.79. The molecule has 1 saturated carbocycles. The Labute approximate surface area is 109 Å². The van der Waals surface area contributed by atoms with E-state index in [-0.39, 0.29) is 5.82 Å². The quantitative estimate of drug-likeness (QED) is 0.827. The minimum absolute atomic E-state index is 0.269. The first-order valence-corrected chi connectivity index (χ1v) is 6.72. The molecule has 0 atom stereocenters. The molecule has 1 aromatic heterocycles. The molecule has 0 bridgehead atoms. The molecule has 2 nitrogen and oxygen atoms in total. The van der Waals surface area contributed by atoms with Gasteiger partial charge >= 0.3 is 0 Å². The summed E-state index contributed by atoms with van der Waals surface area (Å²) in [6, 6.07) is 1.73. The van der Waals surface area contributed by atoms with Crippen LogP contribution < -0.4 is 5.73 Å². The summed E-state index contributed by atoms with van der Waals surface area (Å²) in [6.45, 7) is 6.82. The maximum atomic E-state index is 13.8. The zero-order valence-corrected chi connectivity index (χ0v) is 11.5. The zero-order chi connectivity index (χ0) is 13.4. The molecule has 1 aromatic rings. The van der Waals surface area contributed by atoms with E-state index < -0.39 is 5.54 Å². The standard InChI is InChI=1S/C15H23FN2/c1-14(2,3)11-4-7-15(17,8-5-11)12-6-9-18-10-13(12)16/h6,9-11H,4-5,7-8,17H2,1-3H3. The van der Waals surface area contributed by atoms with Gasteiger partial charge in [-0.25, -0.2) is 4.39 Å². The SMILES string of the molecule is CC(C)(C)C1CCC(N)(c2ccncc2F)CC1. The Morgan fingerprint density at radius 2 is 1.94 bits per heavy atom. The molecular formula is C15H23FN2. The van der Waals surface area contributed by atoms with Crippen molar-refractivity contribution in [3.8, 4) is 0 Å². The third kappa shape index (κ3) is 2.56. The van der Waals surface area contributed by atoms with Crippen molar-refractivity contribution in [2.75, 3.05) is 0 Å². The Balaban J connectivity index is 2.15. The molecule has 0 aliphatic heterocycles. The first-order valence-electron chi connectivity index (χ1n) is 6.72. The lowest BCUT2D eigenvalue weighted by atomic mass is 9.66. The van der Waals surface area contributed by atoms with Gasteiger partial charge in [0.2, 0.25) is 0 Å². The summed E-state index contributed by atoms with van der Waals surface area (Å²) < 4.78 is 13.8. The van der Waals surface area contributed by atoms with Crippen molar-refractivity contribution < 1.29 is 4.39 Å². The van der Waals surface area contributed by atoms with Crippen LogP contribution in [0.3, 0.4) is 0 Å². The molecule has 1 heterocycles. The van der Waals surface area contributed by atoms with Gasteiger partial charge in [-0.1, -0.05) is 20.8 Å². The summed E-state index contributed by atoms with van der Waals surface area (Å²) in [5.41, 5.74) is 6.86. The molecule has 2 N–H and O–H groups in total. The topological polar surface area (TPSA) is 38.9 Å². The highest BCUT2D eigenvalue weighted by Crippen LogP contribution is 2.44.